The van der Waals surface area contributed by atoms with Gasteiger partial charge in [-0.05, 0) is 18.4 Å². The predicted octanol–water partition coefficient (Wildman–Crippen LogP) is 1.91. The fourth-order valence-corrected chi connectivity index (χ4v) is 3.17. The Hall–Kier alpha value is -1.31. The average molecular weight is 351 g/mol. The summed E-state index contributed by atoms with van der Waals surface area (Å²) in [5.74, 6) is -1.86. The van der Waals surface area contributed by atoms with Gasteiger partial charge in [0.25, 0.3) is 11.8 Å². The van der Waals surface area contributed by atoms with E-state index in [1.807, 2.05) is 0 Å². The molecule has 0 saturated heterocycles. The molecule has 0 radical (unpaired) electrons. The van der Waals surface area contributed by atoms with E-state index in [1.54, 1.807) is 12.3 Å². The normalized spacial score (nSPS) is 22.4. The molecule has 1 aliphatic carbocycles. The summed E-state index contributed by atoms with van der Waals surface area (Å²) in [6.45, 7) is 1.08. The number of carbonyl (C=O) groups is 3. The Labute approximate surface area is 134 Å². The molecule has 0 aliphatic heterocycles. The number of nitrogens with one attached hydrogen (secondary N) is 1. The van der Waals surface area contributed by atoms with Crippen LogP contribution in [0.15, 0.2) is 11.4 Å². The van der Waals surface area contributed by atoms with Crippen molar-refractivity contribution in [2.75, 3.05) is 11.9 Å². The first kappa shape index (κ1) is 16.1. The van der Waals surface area contributed by atoms with Crippen molar-refractivity contribution in [3.05, 3.63) is 17.0 Å². The summed E-state index contributed by atoms with van der Waals surface area (Å²) in [5.41, 5.74) is 4.37. The zero-order chi connectivity index (χ0) is 15.8. The fraction of sp³-hybridized carbons (Fsp3) is 0.417. The monoisotopic (exact) mass is 350 g/mol. The molecule has 0 unspecified atom stereocenters. The molecule has 1 fully saturated rings. The van der Waals surface area contributed by atoms with Gasteiger partial charge < -0.3 is 15.8 Å². The summed E-state index contributed by atoms with van der Waals surface area (Å²) in [4.78, 5) is 34.6. The Morgan fingerprint density at radius 2 is 2.10 bits per heavy atom. The van der Waals surface area contributed by atoms with E-state index in [0.29, 0.717) is 5.00 Å². The summed E-state index contributed by atoms with van der Waals surface area (Å²) in [6.07, 6.45) is 0.278. The third kappa shape index (κ3) is 3.14. The van der Waals surface area contributed by atoms with Crippen LogP contribution in [0.2, 0.25) is 0 Å². The van der Waals surface area contributed by atoms with Crippen molar-refractivity contribution in [2.24, 2.45) is 11.1 Å². The minimum atomic E-state index is -1.15. The van der Waals surface area contributed by atoms with Crippen molar-refractivity contribution in [3.8, 4) is 0 Å². The van der Waals surface area contributed by atoms with Gasteiger partial charge in [-0.1, -0.05) is 0 Å². The molecule has 1 saturated carbocycles. The molecule has 2 rings (SSSR count). The summed E-state index contributed by atoms with van der Waals surface area (Å²) in [5, 5.41) is 4.38. The fourth-order valence-electron chi connectivity index (χ4n) is 1.67. The van der Waals surface area contributed by atoms with Gasteiger partial charge in [-0.2, -0.15) is 0 Å². The second-order valence-corrected chi connectivity index (χ2v) is 7.27. The van der Waals surface area contributed by atoms with Crippen molar-refractivity contribution in [1.82, 2.24) is 0 Å². The number of ether oxygens (including phenoxy) is 1. The molecule has 0 bridgehead atoms. The molecule has 9 heteroatoms. The minimum absolute atomic E-state index is 0.203. The van der Waals surface area contributed by atoms with Crippen LogP contribution in [0.3, 0.4) is 0 Å². The van der Waals surface area contributed by atoms with Crippen LogP contribution < -0.4 is 11.1 Å². The summed E-state index contributed by atoms with van der Waals surface area (Å²) >= 11 is 12.8. The highest BCUT2D eigenvalue weighted by atomic mass is 35.5. The van der Waals surface area contributed by atoms with Gasteiger partial charge in [0.2, 0.25) is 0 Å². The number of anilines is 1. The number of hydrogen-bond donors (Lipinski definition) is 2. The number of primary amides is 1. The molecule has 1 aromatic rings. The lowest BCUT2D eigenvalue weighted by Gasteiger charge is -2.11. The maximum atomic E-state index is 11.8. The van der Waals surface area contributed by atoms with Crippen molar-refractivity contribution in [3.63, 3.8) is 0 Å². The molecule has 114 valence electrons. The molecular weight excluding hydrogens is 339 g/mol. The highest BCUT2D eigenvalue weighted by Crippen LogP contribution is 2.64. The minimum Gasteiger partial charge on any atom is -0.455 e. The van der Waals surface area contributed by atoms with Gasteiger partial charge >= 0.3 is 5.97 Å². The molecule has 21 heavy (non-hydrogen) atoms. The molecule has 2 amide bonds. The second-order valence-electron chi connectivity index (χ2n) is 4.87. The Balaban J connectivity index is 1.87. The molecule has 1 aliphatic rings. The standard InChI is InChI=1S/C12H12Cl2N2O4S/c1-11(5-12(11,13)14)10(19)20-4-7(17)16-9-6(8(15)18)2-3-21-9/h2-3H,4-5H2,1H3,(H2,15,18)(H,16,17)/t11-/m0/s1. The Morgan fingerprint density at radius 3 is 2.62 bits per heavy atom. The average Bonchev–Trinajstić information content (AvgIpc) is 2.76. The third-order valence-electron chi connectivity index (χ3n) is 3.23. The first-order chi connectivity index (χ1) is 9.67. The largest absolute Gasteiger partial charge is 0.455 e. The van der Waals surface area contributed by atoms with Crippen molar-refractivity contribution >= 4 is 57.3 Å². The van der Waals surface area contributed by atoms with Crippen LogP contribution in [0.4, 0.5) is 5.00 Å². The molecule has 1 atom stereocenters. The summed E-state index contributed by atoms with van der Waals surface area (Å²) in [6, 6.07) is 1.50. The number of nitrogens with two attached hydrogens (primary N) is 1. The zero-order valence-electron chi connectivity index (χ0n) is 10.9. The topological polar surface area (TPSA) is 98.5 Å². The van der Waals surface area contributed by atoms with Crippen LogP contribution in [0.1, 0.15) is 23.7 Å². The van der Waals surface area contributed by atoms with Gasteiger partial charge in [-0.3, -0.25) is 14.4 Å². The van der Waals surface area contributed by atoms with E-state index < -0.39 is 34.1 Å². The molecule has 6 nitrogen and oxygen atoms in total. The van der Waals surface area contributed by atoms with Crippen molar-refractivity contribution in [2.45, 2.75) is 17.7 Å². The van der Waals surface area contributed by atoms with Crippen LogP contribution >= 0.6 is 34.5 Å². The molecule has 1 aromatic heterocycles. The van der Waals surface area contributed by atoms with Gasteiger partial charge in [-0.25, -0.2) is 0 Å². The zero-order valence-corrected chi connectivity index (χ0v) is 13.3. The van der Waals surface area contributed by atoms with Crippen molar-refractivity contribution in [1.29, 1.82) is 0 Å². The lowest BCUT2D eigenvalue weighted by atomic mass is 10.1. The Bertz CT molecular complexity index is 616. The maximum absolute atomic E-state index is 11.8. The quantitative estimate of drug-likeness (QED) is 0.625. The first-order valence-corrected chi connectivity index (χ1v) is 7.53. The number of hydrogen-bond acceptors (Lipinski definition) is 5. The highest BCUT2D eigenvalue weighted by molar-refractivity contribution is 7.14. The number of esters is 1. The number of amides is 2. The van der Waals surface area contributed by atoms with Gasteiger partial charge in [-0.15, -0.1) is 34.5 Å². The van der Waals surface area contributed by atoms with E-state index in [2.05, 4.69) is 5.32 Å². The predicted molar refractivity (Wildman–Crippen MR) is 79.6 cm³/mol. The first-order valence-electron chi connectivity index (χ1n) is 5.89. The third-order valence-corrected chi connectivity index (χ3v) is 5.16. The Morgan fingerprint density at radius 1 is 1.48 bits per heavy atom. The summed E-state index contributed by atoms with van der Waals surface area (Å²) < 4.78 is 3.74. The van der Waals surface area contributed by atoms with E-state index in [9.17, 15) is 14.4 Å². The van der Waals surface area contributed by atoms with Crippen LogP contribution in [0.25, 0.3) is 0 Å². The molecule has 0 spiro atoms. The van der Waals surface area contributed by atoms with Gasteiger partial charge in [0.05, 0.1) is 5.56 Å². The van der Waals surface area contributed by atoms with E-state index >= 15 is 0 Å². The Kier molecular flexibility index (Phi) is 4.19. The number of halogens is 2. The number of thiophene rings is 1. The number of alkyl halides is 2. The molecule has 1 heterocycles. The SMILES string of the molecule is C[C@@]1(C(=O)OCC(=O)Nc2sccc2C(N)=O)CC1(Cl)Cl. The molecule has 3 N–H and O–H groups in total. The van der Waals surface area contributed by atoms with Gasteiger partial charge in [0.15, 0.2) is 6.61 Å². The van der Waals surface area contributed by atoms with Crippen molar-refractivity contribution < 1.29 is 19.1 Å². The smallest absolute Gasteiger partial charge is 0.315 e. The van der Waals surface area contributed by atoms with E-state index in [4.69, 9.17) is 33.7 Å². The lowest BCUT2D eigenvalue weighted by Crippen LogP contribution is -2.27. The van der Waals surface area contributed by atoms with E-state index in [0.717, 1.165) is 11.3 Å². The maximum Gasteiger partial charge on any atom is 0.315 e. The second kappa shape index (κ2) is 5.47. The van der Waals surface area contributed by atoms with E-state index in [-0.39, 0.29) is 12.0 Å². The van der Waals surface area contributed by atoms with Crippen LogP contribution in [-0.2, 0) is 14.3 Å². The van der Waals surface area contributed by atoms with Crippen LogP contribution in [0.5, 0.6) is 0 Å². The lowest BCUT2D eigenvalue weighted by molar-refractivity contribution is -0.152. The summed E-state index contributed by atoms with van der Waals surface area (Å²) in [7, 11) is 0. The molecule has 0 aromatic carbocycles. The molecular formula is C12H12Cl2N2O4S. The van der Waals surface area contributed by atoms with Gasteiger partial charge in [0, 0.05) is 6.42 Å². The number of rotatable bonds is 5. The van der Waals surface area contributed by atoms with E-state index in [1.165, 1.54) is 6.07 Å². The highest BCUT2D eigenvalue weighted by Gasteiger charge is 2.69. The van der Waals surface area contributed by atoms with Crippen LogP contribution in [-0.4, -0.2) is 28.7 Å². The number of carbonyl (C=O) groups excluding carboxylic acids is 3. The van der Waals surface area contributed by atoms with Crippen LogP contribution in [0, 0.1) is 5.41 Å². The van der Waals surface area contributed by atoms with Gasteiger partial charge in [0.1, 0.15) is 14.7 Å².